The third-order valence-electron chi connectivity index (χ3n) is 5.22. The number of nitrogens with zero attached hydrogens (tertiary/aromatic N) is 5. The third-order valence-corrected chi connectivity index (χ3v) is 6.32. The Morgan fingerprint density at radius 2 is 1.97 bits per heavy atom. The van der Waals surface area contributed by atoms with Crippen LogP contribution in [0.4, 0.5) is 40.4 Å². The van der Waals surface area contributed by atoms with Crippen LogP contribution in [0.1, 0.15) is 32.9 Å². The van der Waals surface area contributed by atoms with Gasteiger partial charge >= 0.3 is 12.3 Å². The number of carbonyl (C=O) groups excluding carboxylic acids is 2. The number of rotatable bonds is 4. The first kappa shape index (κ1) is 27.1. The molecule has 3 heterocycles. The molecule has 1 fully saturated rings. The topological polar surface area (TPSA) is 127 Å². The molecule has 1 aromatic carbocycles. The summed E-state index contributed by atoms with van der Waals surface area (Å²) in [5, 5.41) is 3.44. The van der Waals surface area contributed by atoms with Crippen molar-refractivity contribution in [2.24, 2.45) is 0 Å². The molecule has 0 aliphatic carbocycles. The smallest absolute Gasteiger partial charge is 0.433 e. The summed E-state index contributed by atoms with van der Waals surface area (Å²) in [6, 6.07) is 5.34. The van der Waals surface area contributed by atoms with Crippen molar-refractivity contribution in [2.45, 2.75) is 39.0 Å². The van der Waals surface area contributed by atoms with E-state index in [0.717, 1.165) is 17.5 Å². The first-order valence-corrected chi connectivity index (χ1v) is 12.4. The van der Waals surface area contributed by atoms with E-state index in [1.54, 1.807) is 39.1 Å². The van der Waals surface area contributed by atoms with Gasteiger partial charge in [0.1, 0.15) is 11.3 Å². The van der Waals surface area contributed by atoms with Crippen molar-refractivity contribution in [3.63, 3.8) is 0 Å². The molecular formula is C24H26F3N7O3S. The Balaban J connectivity index is 1.75. The lowest BCUT2D eigenvalue weighted by atomic mass is 10.1. The van der Waals surface area contributed by atoms with Crippen molar-refractivity contribution >= 4 is 45.8 Å². The van der Waals surface area contributed by atoms with E-state index in [1.807, 2.05) is 4.90 Å². The summed E-state index contributed by atoms with van der Waals surface area (Å²) in [6.45, 7) is 6.29. The molecule has 1 aliphatic heterocycles. The van der Waals surface area contributed by atoms with Crippen LogP contribution in [0.15, 0.2) is 36.7 Å². The number of hydrogen-bond donors (Lipinski definition) is 2. The van der Waals surface area contributed by atoms with E-state index in [0.29, 0.717) is 34.7 Å². The molecule has 0 spiro atoms. The minimum atomic E-state index is -4.75. The first-order valence-electron chi connectivity index (χ1n) is 11.6. The molecule has 0 bridgehead atoms. The van der Waals surface area contributed by atoms with Gasteiger partial charge in [-0.1, -0.05) is 11.3 Å². The highest BCUT2D eigenvalue weighted by molar-refractivity contribution is 7.18. The Morgan fingerprint density at radius 1 is 1.21 bits per heavy atom. The largest absolute Gasteiger partial charge is 0.443 e. The number of amides is 2. The van der Waals surface area contributed by atoms with Crippen LogP contribution < -0.4 is 20.9 Å². The summed E-state index contributed by atoms with van der Waals surface area (Å²) < 4.78 is 45.6. The first-order chi connectivity index (χ1) is 17.8. The van der Waals surface area contributed by atoms with Crippen LogP contribution in [-0.2, 0) is 15.7 Å². The molecule has 10 nitrogen and oxygen atoms in total. The summed E-state index contributed by atoms with van der Waals surface area (Å²) in [5.41, 5.74) is 4.89. The van der Waals surface area contributed by atoms with Crippen molar-refractivity contribution in [3.8, 4) is 10.4 Å². The van der Waals surface area contributed by atoms with E-state index >= 15 is 0 Å². The van der Waals surface area contributed by atoms with E-state index in [-0.39, 0.29) is 23.8 Å². The van der Waals surface area contributed by atoms with Crippen molar-refractivity contribution in [1.82, 2.24) is 20.3 Å². The van der Waals surface area contributed by atoms with Gasteiger partial charge in [0, 0.05) is 31.2 Å². The van der Waals surface area contributed by atoms with Crippen molar-refractivity contribution in [1.29, 1.82) is 0 Å². The van der Waals surface area contributed by atoms with E-state index < -0.39 is 29.5 Å². The van der Waals surface area contributed by atoms with Gasteiger partial charge in [0.15, 0.2) is 5.13 Å². The van der Waals surface area contributed by atoms with Crippen LogP contribution in [0.25, 0.3) is 10.4 Å². The van der Waals surface area contributed by atoms with Gasteiger partial charge in [-0.2, -0.15) is 13.2 Å². The number of thiazole rings is 1. The Kier molecular flexibility index (Phi) is 7.44. The lowest BCUT2D eigenvalue weighted by Crippen LogP contribution is -2.35. The minimum absolute atomic E-state index is 0.0976. The highest BCUT2D eigenvalue weighted by Gasteiger charge is 2.35. The van der Waals surface area contributed by atoms with E-state index in [9.17, 15) is 22.8 Å². The second-order valence-electron chi connectivity index (χ2n) is 9.50. The highest BCUT2D eigenvalue weighted by Crippen LogP contribution is 2.37. The summed E-state index contributed by atoms with van der Waals surface area (Å²) >= 11 is 1.32. The number of carbonyl (C=O) groups is 2. The lowest BCUT2D eigenvalue weighted by Gasteiger charge is -2.27. The minimum Gasteiger partial charge on any atom is -0.443 e. The summed E-state index contributed by atoms with van der Waals surface area (Å²) in [5.74, 6) is -0.620. The van der Waals surface area contributed by atoms with Crippen LogP contribution >= 0.6 is 11.3 Å². The molecular weight excluding hydrogens is 523 g/mol. The normalized spacial score (nSPS) is 14.6. The van der Waals surface area contributed by atoms with Crippen LogP contribution in [0.3, 0.4) is 0 Å². The number of nitrogen functional groups attached to an aromatic ring is 1. The van der Waals surface area contributed by atoms with Gasteiger partial charge in [-0.15, -0.1) is 0 Å². The fourth-order valence-corrected chi connectivity index (χ4v) is 4.57. The Morgan fingerprint density at radius 3 is 2.68 bits per heavy atom. The molecule has 1 aliphatic rings. The van der Waals surface area contributed by atoms with E-state index in [1.165, 1.54) is 17.4 Å². The van der Waals surface area contributed by atoms with Gasteiger partial charge in [-0.25, -0.2) is 24.6 Å². The fourth-order valence-electron chi connectivity index (χ4n) is 3.64. The van der Waals surface area contributed by atoms with Crippen LogP contribution in [0, 0.1) is 0 Å². The fraction of sp³-hybridized carbons (Fsp3) is 0.375. The predicted molar refractivity (Wildman–Crippen MR) is 137 cm³/mol. The van der Waals surface area contributed by atoms with Gasteiger partial charge in [0.25, 0.3) is 0 Å². The zero-order chi connectivity index (χ0) is 27.7. The second kappa shape index (κ2) is 10.4. The second-order valence-corrected chi connectivity index (χ2v) is 10.5. The lowest BCUT2D eigenvalue weighted by molar-refractivity contribution is -0.141. The molecule has 2 amide bonds. The number of benzene rings is 1. The average Bonchev–Trinajstić information content (AvgIpc) is 3.20. The van der Waals surface area contributed by atoms with Gasteiger partial charge in [0.2, 0.25) is 11.9 Å². The maximum atomic E-state index is 13.4. The van der Waals surface area contributed by atoms with Gasteiger partial charge in [-0.05, 0) is 57.0 Å². The quantitative estimate of drug-likeness (QED) is 0.452. The molecule has 3 N–H and O–H groups in total. The number of nitrogens with one attached hydrogen (secondary N) is 1. The summed E-state index contributed by atoms with van der Waals surface area (Å²) in [7, 11) is 0. The molecule has 14 heteroatoms. The van der Waals surface area contributed by atoms with Gasteiger partial charge in [0.05, 0.1) is 17.1 Å². The number of nitrogens with two attached hydrogens (primary N) is 1. The Hall–Kier alpha value is -3.94. The highest BCUT2D eigenvalue weighted by atomic mass is 32.1. The molecule has 1 saturated heterocycles. The molecule has 3 aromatic rings. The van der Waals surface area contributed by atoms with Crippen LogP contribution in [0.5, 0.6) is 0 Å². The van der Waals surface area contributed by atoms with Crippen molar-refractivity contribution in [3.05, 3.63) is 42.4 Å². The molecule has 0 radical (unpaired) electrons. The summed E-state index contributed by atoms with van der Waals surface area (Å²) in [6.07, 6.45) is -2.43. The molecule has 38 heavy (non-hydrogen) atoms. The maximum Gasteiger partial charge on any atom is 0.433 e. The van der Waals surface area contributed by atoms with Crippen LogP contribution in [-0.4, -0.2) is 52.2 Å². The van der Waals surface area contributed by atoms with Crippen LogP contribution in [0.2, 0.25) is 0 Å². The third kappa shape index (κ3) is 6.49. The van der Waals surface area contributed by atoms with Gasteiger partial charge < -0.3 is 20.7 Å². The molecule has 0 atom stereocenters. The molecule has 0 unspecified atom stereocenters. The van der Waals surface area contributed by atoms with E-state index in [4.69, 9.17) is 10.5 Å². The zero-order valence-electron chi connectivity index (χ0n) is 20.9. The zero-order valence-corrected chi connectivity index (χ0v) is 21.7. The number of aromatic nitrogens is 3. The number of anilines is 4. The Labute approximate surface area is 220 Å². The summed E-state index contributed by atoms with van der Waals surface area (Å²) in [4.78, 5) is 40.5. The molecule has 4 rings (SSSR count). The molecule has 202 valence electrons. The average molecular weight is 550 g/mol. The number of hydrogen-bond acceptors (Lipinski definition) is 9. The number of ether oxygens (including phenoxy) is 1. The molecule has 0 saturated carbocycles. The monoisotopic (exact) mass is 549 g/mol. The maximum absolute atomic E-state index is 13.4. The number of halogens is 3. The Bertz CT molecular complexity index is 1340. The van der Waals surface area contributed by atoms with Gasteiger partial charge in [-0.3, -0.25) is 4.79 Å². The predicted octanol–water partition coefficient (Wildman–Crippen LogP) is 4.60. The van der Waals surface area contributed by atoms with Crippen molar-refractivity contribution in [2.75, 3.05) is 35.2 Å². The number of alkyl halides is 3. The molecule has 2 aromatic heterocycles. The van der Waals surface area contributed by atoms with E-state index in [2.05, 4.69) is 20.3 Å². The van der Waals surface area contributed by atoms with Crippen molar-refractivity contribution < 1.29 is 27.5 Å². The standard InChI is InChI=1S/C24H26F3N7O3S/c1-23(2,3)37-22(36)34(20-30-7-5-18(32-20)24(25,26)27)16-10-14(9-15(28)11-16)17-12-31-21(38-17)33-8-4-6-29-19(35)13-33/h5,7,9-12H,4,6,8,13,28H2,1-3H3,(H,29,35). The SMILES string of the molecule is CC(C)(C)OC(=O)N(c1cc(N)cc(-c2cnc(N3CCCNC(=O)C3)s2)c1)c1nccc(C(F)(F)F)n1.